The zero-order valence-electron chi connectivity index (χ0n) is 17.0. The number of nitrogens with one attached hydrogen (secondary N) is 1. The van der Waals surface area contributed by atoms with Crippen LogP contribution in [0, 0.1) is 0 Å². The third kappa shape index (κ3) is 6.86. The molecule has 8 nitrogen and oxygen atoms in total. The lowest BCUT2D eigenvalue weighted by Gasteiger charge is -2.40. The zero-order valence-corrected chi connectivity index (χ0v) is 17.8. The van der Waals surface area contributed by atoms with Crippen LogP contribution >= 0.6 is 0 Å². The molecule has 0 spiro atoms. The molecule has 2 saturated heterocycles. The van der Waals surface area contributed by atoms with E-state index >= 15 is 0 Å². The van der Waals surface area contributed by atoms with Gasteiger partial charge in [0, 0.05) is 32.2 Å². The number of carbonyl (C=O) groups excluding carboxylic acids is 1. The van der Waals surface area contributed by atoms with Crippen molar-refractivity contribution in [3.63, 3.8) is 0 Å². The van der Waals surface area contributed by atoms with Gasteiger partial charge in [-0.2, -0.15) is 8.42 Å². The molecule has 162 valence electrons. The summed E-state index contributed by atoms with van der Waals surface area (Å²) < 4.78 is 32.2. The maximum atomic E-state index is 11.5. The van der Waals surface area contributed by atoms with Gasteiger partial charge in [-0.25, -0.2) is 4.79 Å². The molecule has 1 N–H and O–H groups in total. The minimum atomic E-state index is -3.53. The van der Waals surface area contributed by atoms with Crippen molar-refractivity contribution in [1.29, 1.82) is 0 Å². The minimum absolute atomic E-state index is 0.120. The highest BCUT2D eigenvalue weighted by Gasteiger charge is 2.34. The van der Waals surface area contributed by atoms with Crippen molar-refractivity contribution in [2.75, 3.05) is 45.6 Å². The molecule has 3 rings (SSSR count). The van der Waals surface area contributed by atoms with E-state index in [2.05, 4.69) is 15.1 Å². The second-order valence-corrected chi connectivity index (χ2v) is 9.99. The monoisotopic (exact) mass is 417 g/mol. The number of unbranched alkanes of at least 4 members (excludes halogenated alkanes) is 1. The average Bonchev–Trinajstić information content (AvgIpc) is 3.04. The Morgan fingerprint density at radius 3 is 2.50 bits per heavy atom. The van der Waals surface area contributed by atoms with E-state index in [-0.39, 0.29) is 12.6 Å². The molecule has 0 aromatic heterocycles. The number of piperazine rings is 1. The van der Waals surface area contributed by atoms with Crippen LogP contribution in [0.3, 0.4) is 0 Å². The molecule has 2 unspecified atom stereocenters. The fraction of sp³-hybridized carbons (Fsp3) is 0.947. The standard InChI is InChI=1S/C19H35N3O5S/c1-28(24,25)26-15-18-17(20-19(23)27-18)9-5-6-10-21-11-13-22(14-12-21)16-7-3-2-4-8-16/h16-18H,2-15H2,1H3,(H,20,23). The number of alkyl carbamates (subject to hydrolysis) is 1. The molecule has 2 aliphatic heterocycles. The molecule has 28 heavy (non-hydrogen) atoms. The fourth-order valence-electron chi connectivity index (χ4n) is 4.59. The van der Waals surface area contributed by atoms with Crippen LogP contribution in [0.25, 0.3) is 0 Å². The largest absolute Gasteiger partial charge is 0.442 e. The number of ether oxygens (including phenoxy) is 1. The second-order valence-electron chi connectivity index (χ2n) is 8.35. The molecule has 0 aromatic carbocycles. The highest BCUT2D eigenvalue weighted by molar-refractivity contribution is 7.85. The van der Waals surface area contributed by atoms with Crippen LogP contribution in [-0.4, -0.2) is 88.1 Å². The molecule has 1 aliphatic carbocycles. The number of cyclic esters (lactones) is 1. The predicted molar refractivity (Wildman–Crippen MR) is 107 cm³/mol. The Morgan fingerprint density at radius 1 is 1.11 bits per heavy atom. The van der Waals surface area contributed by atoms with Crippen LogP contribution in [0.4, 0.5) is 4.79 Å². The van der Waals surface area contributed by atoms with E-state index in [1.54, 1.807) is 0 Å². The first-order chi connectivity index (χ1) is 13.4. The summed E-state index contributed by atoms with van der Waals surface area (Å²) in [5.41, 5.74) is 0. The van der Waals surface area contributed by atoms with E-state index in [4.69, 9.17) is 8.92 Å². The van der Waals surface area contributed by atoms with Crippen LogP contribution in [0.5, 0.6) is 0 Å². The topological polar surface area (TPSA) is 88.2 Å². The SMILES string of the molecule is CS(=O)(=O)OCC1OC(=O)NC1CCCCN1CCN(C2CCCCC2)CC1. The van der Waals surface area contributed by atoms with E-state index in [0.717, 1.165) is 51.2 Å². The molecule has 2 atom stereocenters. The molecule has 1 saturated carbocycles. The highest BCUT2D eigenvalue weighted by atomic mass is 32.2. The minimum Gasteiger partial charge on any atom is -0.442 e. The Kier molecular flexibility index (Phi) is 7.96. The number of carbonyl (C=O) groups is 1. The quantitative estimate of drug-likeness (QED) is 0.450. The van der Waals surface area contributed by atoms with Crippen molar-refractivity contribution in [3.05, 3.63) is 0 Å². The summed E-state index contributed by atoms with van der Waals surface area (Å²) in [6.07, 6.45) is 9.70. The normalized spacial score (nSPS) is 28.2. The Hall–Kier alpha value is -0.900. The van der Waals surface area contributed by atoms with Crippen molar-refractivity contribution in [2.45, 2.75) is 69.6 Å². The van der Waals surface area contributed by atoms with Crippen molar-refractivity contribution < 1.29 is 22.1 Å². The summed E-state index contributed by atoms with van der Waals surface area (Å²) in [5, 5.41) is 2.76. The fourth-order valence-corrected chi connectivity index (χ4v) is 4.98. The molecule has 2 heterocycles. The van der Waals surface area contributed by atoms with Gasteiger partial charge in [0.25, 0.3) is 10.1 Å². The first-order valence-corrected chi connectivity index (χ1v) is 12.5. The number of hydrogen-bond donors (Lipinski definition) is 1. The van der Waals surface area contributed by atoms with E-state index in [1.165, 1.54) is 45.2 Å². The van der Waals surface area contributed by atoms with Crippen molar-refractivity contribution in [2.24, 2.45) is 0 Å². The Bertz CT molecular complexity index is 601. The third-order valence-electron chi connectivity index (χ3n) is 6.19. The van der Waals surface area contributed by atoms with Gasteiger partial charge in [-0.3, -0.25) is 9.08 Å². The van der Waals surface area contributed by atoms with Gasteiger partial charge in [0.1, 0.15) is 12.7 Å². The summed E-state index contributed by atoms with van der Waals surface area (Å²) >= 11 is 0. The first kappa shape index (κ1) is 21.8. The maximum Gasteiger partial charge on any atom is 0.407 e. The molecular weight excluding hydrogens is 382 g/mol. The van der Waals surface area contributed by atoms with Gasteiger partial charge < -0.3 is 15.0 Å². The van der Waals surface area contributed by atoms with Crippen LogP contribution in [-0.2, 0) is 19.0 Å². The van der Waals surface area contributed by atoms with Crippen LogP contribution < -0.4 is 5.32 Å². The summed E-state index contributed by atoms with van der Waals surface area (Å²) in [4.78, 5) is 16.7. The molecule has 0 radical (unpaired) electrons. The molecule has 3 fully saturated rings. The molecular formula is C19H35N3O5S. The number of amides is 1. The van der Waals surface area contributed by atoms with E-state index in [0.29, 0.717) is 0 Å². The van der Waals surface area contributed by atoms with E-state index in [9.17, 15) is 13.2 Å². The number of rotatable bonds is 9. The average molecular weight is 418 g/mol. The lowest BCUT2D eigenvalue weighted by atomic mass is 9.94. The van der Waals surface area contributed by atoms with Crippen LogP contribution in [0.1, 0.15) is 51.4 Å². The number of nitrogens with zero attached hydrogens (tertiary/aromatic N) is 2. The molecule has 9 heteroatoms. The van der Waals surface area contributed by atoms with Crippen molar-refractivity contribution in [1.82, 2.24) is 15.1 Å². The number of hydrogen-bond acceptors (Lipinski definition) is 7. The lowest BCUT2D eigenvalue weighted by Crippen LogP contribution is -2.50. The maximum absolute atomic E-state index is 11.5. The second kappa shape index (κ2) is 10.2. The van der Waals surface area contributed by atoms with Gasteiger partial charge in [-0.1, -0.05) is 19.3 Å². The highest BCUT2D eigenvalue weighted by Crippen LogP contribution is 2.23. The molecule has 0 bridgehead atoms. The third-order valence-corrected chi connectivity index (χ3v) is 6.76. The van der Waals surface area contributed by atoms with Crippen molar-refractivity contribution >= 4 is 16.2 Å². The van der Waals surface area contributed by atoms with Gasteiger partial charge in [-0.05, 0) is 38.6 Å². The Labute approximate surface area is 169 Å². The zero-order chi connectivity index (χ0) is 20.0. The lowest BCUT2D eigenvalue weighted by molar-refractivity contribution is 0.0771. The Balaban J connectivity index is 1.30. The smallest absolute Gasteiger partial charge is 0.407 e. The predicted octanol–water partition coefficient (Wildman–Crippen LogP) is 1.56. The summed E-state index contributed by atoms with van der Waals surface area (Å²) in [6, 6.07) is 0.630. The van der Waals surface area contributed by atoms with E-state index < -0.39 is 22.3 Å². The van der Waals surface area contributed by atoms with Crippen LogP contribution in [0.2, 0.25) is 0 Å². The summed E-state index contributed by atoms with van der Waals surface area (Å²) in [7, 11) is -3.53. The Morgan fingerprint density at radius 2 is 1.82 bits per heavy atom. The van der Waals surface area contributed by atoms with Gasteiger partial charge in [0.15, 0.2) is 0 Å². The van der Waals surface area contributed by atoms with Gasteiger partial charge >= 0.3 is 6.09 Å². The molecule has 0 aromatic rings. The van der Waals surface area contributed by atoms with Gasteiger partial charge in [-0.15, -0.1) is 0 Å². The van der Waals surface area contributed by atoms with E-state index in [1.807, 2.05) is 0 Å². The van der Waals surface area contributed by atoms with Crippen LogP contribution in [0.15, 0.2) is 0 Å². The van der Waals surface area contributed by atoms with Gasteiger partial charge in [0.2, 0.25) is 0 Å². The van der Waals surface area contributed by atoms with Crippen molar-refractivity contribution in [3.8, 4) is 0 Å². The van der Waals surface area contributed by atoms with Gasteiger partial charge in [0.05, 0.1) is 12.3 Å². The summed E-state index contributed by atoms with van der Waals surface area (Å²) in [5.74, 6) is 0. The first-order valence-electron chi connectivity index (χ1n) is 10.7. The summed E-state index contributed by atoms with van der Waals surface area (Å²) in [6.45, 7) is 5.61. The molecule has 3 aliphatic rings. The molecule has 1 amide bonds.